The second-order valence-corrected chi connectivity index (χ2v) is 6.50. The van der Waals surface area contributed by atoms with Crippen LogP contribution in [-0.4, -0.2) is 22.0 Å². The summed E-state index contributed by atoms with van der Waals surface area (Å²) in [6.07, 6.45) is 9.00. The van der Waals surface area contributed by atoms with Crippen LogP contribution in [0.15, 0.2) is 21.9 Å². The lowest BCUT2D eigenvalue weighted by atomic mass is 9.85. The average molecular weight is 305 g/mol. The van der Waals surface area contributed by atoms with Gasteiger partial charge in [0.05, 0.1) is 0 Å². The zero-order valence-electron chi connectivity index (χ0n) is 12.7. The highest BCUT2D eigenvalue weighted by Crippen LogP contribution is 2.49. The molecule has 2 N–H and O–H groups in total. The number of aromatic nitrogens is 2. The summed E-state index contributed by atoms with van der Waals surface area (Å²) in [6.45, 7) is 0.792. The van der Waals surface area contributed by atoms with Gasteiger partial charge in [0.2, 0.25) is 5.91 Å². The van der Waals surface area contributed by atoms with Crippen LogP contribution in [0.5, 0.6) is 0 Å². The summed E-state index contributed by atoms with van der Waals surface area (Å²) in [6, 6.07) is 1.31. The summed E-state index contributed by atoms with van der Waals surface area (Å²) in [5.41, 5.74) is -0.841. The summed E-state index contributed by atoms with van der Waals surface area (Å²) in [5.74, 6) is 1.62. The van der Waals surface area contributed by atoms with Gasteiger partial charge < -0.3 is 5.32 Å². The fourth-order valence-electron chi connectivity index (χ4n) is 3.65. The highest BCUT2D eigenvalue weighted by atomic mass is 16.2. The molecular weight excluding hydrogens is 282 g/mol. The van der Waals surface area contributed by atoms with Crippen LogP contribution >= 0.6 is 0 Å². The van der Waals surface area contributed by atoms with Crippen molar-refractivity contribution in [2.45, 2.75) is 45.1 Å². The molecule has 2 unspecified atom stereocenters. The molecular formula is C16H23N3O3. The van der Waals surface area contributed by atoms with Crippen molar-refractivity contribution in [2.75, 3.05) is 6.54 Å². The highest BCUT2D eigenvalue weighted by Gasteiger charge is 2.47. The zero-order chi connectivity index (χ0) is 15.5. The van der Waals surface area contributed by atoms with Gasteiger partial charge in [-0.25, -0.2) is 4.79 Å². The molecule has 2 aliphatic rings. The van der Waals surface area contributed by atoms with Crippen LogP contribution < -0.4 is 16.6 Å². The molecule has 0 spiro atoms. The molecule has 1 heterocycles. The van der Waals surface area contributed by atoms with E-state index in [9.17, 15) is 14.4 Å². The number of hydrogen-bond donors (Lipinski definition) is 2. The number of amides is 1. The number of nitrogens with one attached hydrogen (secondary N) is 2. The van der Waals surface area contributed by atoms with Gasteiger partial charge >= 0.3 is 5.69 Å². The van der Waals surface area contributed by atoms with Gasteiger partial charge in [-0.1, -0.05) is 32.1 Å². The summed E-state index contributed by atoms with van der Waals surface area (Å²) >= 11 is 0. The Labute approximate surface area is 128 Å². The Morgan fingerprint density at radius 1 is 1.27 bits per heavy atom. The second kappa shape index (κ2) is 6.50. The van der Waals surface area contributed by atoms with E-state index >= 15 is 0 Å². The van der Waals surface area contributed by atoms with Gasteiger partial charge in [0, 0.05) is 31.3 Å². The van der Waals surface area contributed by atoms with Gasteiger partial charge in [-0.15, -0.1) is 0 Å². The van der Waals surface area contributed by atoms with Crippen LogP contribution in [-0.2, 0) is 11.3 Å². The summed E-state index contributed by atoms with van der Waals surface area (Å²) in [4.78, 5) is 36.8. The van der Waals surface area contributed by atoms with E-state index in [0.29, 0.717) is 19.0 Å². The van der Waals surface area contributed by atoms with E-state index in [2.05, 4.69) is 10.3 Å². The molecule has 2 atom stereocenters. The van der Waals surface area contributed by atoms with E-state index in [-0.39, 0.29) is 11.8 Å². The fourth-order valence-corrected chi connectivity index (χ4v) is 3.65. The molecule has 2 fully saturated rings. The van der Waals surface area contributed by atoms with Gasteiger partial charge in [0.1, 0.15) is 0 Å². The Bertz CT molecular complexity index is 643. The molecule has 0 aliphatic heterocycles. The number of carbonyl (C=O) groups excluding carboxylic acids is 1. The maximum absolute atomic E-state index is 12.1. The van der Waals surface area contributed by atoms with Crippen molar-refractivity contribution in [2.24, 2.45) is 17.8 Å². The number of hydrogen-bond acceptors (Lipinski definition) is 3. The first-order valence-electron chi connectivity index (χ1n) is 8.22. The van der Waals surface area contributed by atoms with Gasteiger partial charge in [0.15, 0.2) is 0 Å². The number of H-pyrrole nitrogens is 1. The molecule has 1 aromatic heterocycles. The smallest absolute Gasteiger partial charge is 0.328 e. The number of carbonyl (C=O) groups is 1. The predicted molar refractivity (Wildman–Crippen MR) is 82.5 cm³/mol. The third kappa shape index (κ3) is 3.48. The molecule has 0 aromatic carbocycles. The average Bonchev–Trinajstić information content (AvgIpc) is 3.31. The summed E-state index contributed by atoms with van der Waals surface area (Å²) < 4.78 is 1.40. The van der Waals surface area contributed by atoms with E-state index in [0.717, 1.165) is 12.3 Å². The van der Waals surface area contributed by atoms with E-state index in [1.807, 2.05) is 0 Å². The van der Waals surface area contributed by atoms with Crippen LogP contribution in [0.25, 0.3) is 0 Å². The fraction of sp³-hybridized carbons (Fsp3) is 0.688. The van der Waals surface area contributed by atoms with Crippen LogP contribution in [0, 0.1) is 17.8 Å². The molecule has 0 radical (unpaired) electrons. The minimum atomic E-state index is -0.437. The molecule has 22 heavy (non-hydrogen) atoms. The first-order chi connectivity index (χ1) is 10.6. The molecule has 1 aromatic rings. The lowest BCUT2D eigenvalue weighted by molar-refractivity contribution is -0.122. The molecule has 120 valence electrons. The van der Waals surface area contributed by atoms with Crippen LogP contribution in [0.3, 0.4) is 0 Å². The Morgan fingerprint density at radius 3 is 2.77 bits per heavy atom. The van der Waals surface area contributed by atoms with Crippen molar-refractivity contribution in [1.29, 1.82) is 0 Å². The van der Waals surface area contributed by atoms with E-state index < -0.39 is 11.2 Å². The lowest BCUT2D eigenvalue weighted by Crippen LogP contribution is -2.34. The first kappa shape index (κ1) is 15.1. The molecule has 6 heteroatoms. The maximum atomic E-state index is 12.1. The standard InChI is InChI=1S/C16H23N3O3/c20-14-6-8-19(16(22)18-14)9-7-17-15(21)13-10-12(13)11-4-2-1-3-5-11/h6,8,11-13H,1-5,7,9-10H2,(H,17,21)(H,18,20,22). The maximum Gasteiger partial charge on any atom is 0.328 e. The van der Waals surface area contributed by atoms with Crippen molar-refractivity contribution < 1.29 is 4.79 Å². The second-order valence-electron chi connectivity index (χ2n) is 6.50. The molecule has 0 saturated heterocycles. The summed E-state index contributed by atoms with van der Waals surface area (Å²) in [5, 5.41) is 2.91. The first-order valence-corrected chi connectivity index (χ1v) is 8.22. The third-order valence-electron chi connectivity index (χ3n) is 4.98. The third-order valence-corrected chi connectivity index (χ3v) is 4.98. The number of nitrogens with zero attached hydrogens (tertiary/aromatic N) is 1. The Kier molecular flexibility index (Phi) is 4.45. The van der Waals surface area contributed by atoms with E-state index in [4.69, 9.17) is 0 Å². The van der Waals surface area contributed by atoms with Crippen molar-refractivity contribution >= 4 is 5.91 Å². The monoisotopic (exact) mass is 305 g/mol. The Morgan fingerprint density at radius 2 is 2.05 bits per heavy atom. The number of aromatic amines is 1. The zero-order valence-corrected chi connectivity index (χ0v) is 12.7. The normalized spacial score (nSPS) is 24.9. The van der Waals surface area contributed by atoms with Crippen molar-refractivity contribution in [1.82, 2.24) is 14.9 Å². The minimum Gasteiger partial charge on any atom is -0.354 e. The van der Waals surface area contributed by atoms with Gasteiger partial charge in [-0.05, 0) is 18.3 Å². The Hall–Kier alpha value is -1.85. The van der Waals surface area contributed by atoms with Crippen LogP contribution in [0.2, 0.25) is 0 Å². The molecule has 6 nitrogen and oxygen atoms in total. The van der Waals surface area contributed by atoms with E-state index in [1.54, 1.807) is 0 Å². The van der Waals surface area contributed by atoms with Crippen molar-refractivity contribution in [3.8, 4) is 0 Å². The van der Waals surface area contributed by atoms with Crippen LogP contribution in [0.1, 0.15) is 38.5 Å². The van der Waals surface area contributed by atoms with Gasteiger partial charge in [-0.2, -0.15) is 0 Å². The number of rotatable bonds is 5. The van der Waals surface area contributed by atoms with Crippen molar-refractivity contribution in [3.05, 3.63) is 33.1 Å². The molecule has 2 saturated carbocycles. The highest BCUT2D eigenvalue weighted by molar-refractivity contribution is 5.81. The Balaban J connectivity index is 1.43. The molecule has 2 aliphatic carbocycles. The topological polar surface area (TPSA) is 84.0 Å². The van der Waals surface area contributed by atoms with Gasteiger partial charge in [0.25, 0.3) is 5.56 Å². The molecule has 3 rings (SSSR count). The SMILES string of the molecule is O=C(NCCn1ccc(=O)[nH]c1=O)C1CC1C1CCCCC1. The predicted octanol–water partition coefficient (Wildman–Crippen LogP) is 0.869. The van der Waals surface area contributed by atoms with Gasteiger partial charge in [-0.3, -0.25) is 19.1 Å². The quantitative estimate of drug-likeness (QED) is 0.846. The lowest BCUT2D eigenvalue weighted by Gasteiger charge is -2.21. The molecule has 1 amide bonds. The van der Waals surface area contributed by atoms with Crippen molar-refractivity contribution in [3.63, 3.8) is 0 Å². The molecule has 0 bridgehead atoms. The minimum absolute atomic E-state index is 0.119. The van der Waals surface area contributed by atoms with E-state index in [1.165, 1.54) is 48.9 Å². The summed E-state index contributed by atoms with van der Waals surface area (Å²) in [7, 11) is 0. The van der Waals surface area contributed by atoms with Crippen LogP contribution in [0.4, 0.5) is 0 Å². The largest absolute Gasteiger partial charge is 0.354 e.